The van der Waals surface area contributed by atoms with Gasteiger partial charge in [0.15, 0.2) is 0 Å². The summed E-state index contributed by atoms with van der Waals surface area (Å²) in [5, 5.41) is 3.09. The van der Waals surface area contributed by atoms with E-state index >= 15 is 0 Å². The van der Waals surface area contributed by atoms with Crippen molar-refractivity contribution in [3.05, 3.63) is 29.8 Å². The number of nitrogens with one attached hydrogen (secondary N) is 1. The minimum Gasteiger partial charge on any atom is -0.450 e. The summed E-state index contributed by atoms with van der Waals surface area (Å²) in [4.78, 5) is 29.7. The number of carbonyl (C=O) groups is 2. The van der Waals surface area contributed by atoms with Crippen LogP contribution in [-0.4, -0.2) is 59.6 Å². The number of fused-ring (bicyclic) bond motifs is 4. The first-order valence-electron chi connectivity index (χ1n) is 10.7. The standard InChI is InChI=1S/C22H29N3O3.H2/c1-2-28-21(27)25-15-7-8-16(25)14-17(13-15)24-11-9-22(10-12-24)18-5-3-4-6-19(18)23-20(22)26;/h3-6,15-17H,2,7-14H2,1H3,(H,23,26);1H. The van der Waals surface area contributed by atoms with E-state index < -0.39 is 0 Å². The highest BCUT2D eigenvalue weighted by Gasteiger charge is 2.51. The van der Waals surface area contributed by atoms with Crippen molar-refractivity contribution in [2.45, 2.75) is 69.0 Å². The molecule has 2 bridgehead atoms. The summed E-state index contributed by atoms with van der Waals surface area (Å²) in [6.45, 7) is 4.21. The zero-order valence-corrected chi connectivity index (χ0v) is 16.5. The highest BCUT2D eigenvalue weighted by atomic mass is 16.6. The van der Waals surface area contributed by atoms with Crippen LogP contribution in [0.4, 0.5) is 10.5 Å². The number of carbonyl (C=O) groups excluding carboxylic acids is 2. The van der Waals surface area contributed by atoms with Crippen LogP contribution in [0.5, 0.6) is 0 Å². The van der Waals surface area contributed by atoms with Gasteiger partial charge in [-0.25, -0.2) is 4.79 Å². The van der Waals surface area contributed by atoms with Crippen LogP contribution in [0.2, 0.25) is 0 Å². The van der Waals surface area contributed by atoms with E-state index in [1.165, 1.54) is 5.56 Å². The fourth-order valence-corrected chi connectivity index (χ4v) is 6.08. The highest BCUT2D eigenvalue weighted by Crippen LogP contribution is 2.46. The number of hydrogen-bond acceptors (Lipinski definition) is 4. The highest BCUT2D eigenvalue weighted by molar-refractivity contribution is 6.06. The van der Waals surface area contributed by atoms with E-state index in [0.29, 0.717) is 24.7 Å². The summed E-state index contributed by atoms with van der Waals surface area (Å²) in [6.07, 6.45) is 5.87. The van der Waals surface area contributed by atoms with Crippen molar-refractivity contribution >= 4 is 17.7 Å². The van der Waals surface area contributed by atoms with E-state index in [0.717, 1.165) is 57.3 Å². The second-order valence-corrected chi connectivity index (χ2v) is 8.73. The third-order valence-corrected chi connectivity index (χ3v) is 7.48. The normalized spacial score (nSPS) is 31.0. The molecule has 3 saturated heterocycles. The SMILES string of the molecule is CCOC(=O)N1C2CCC1CC(N1CCC3(CC1)C(=O)Nc1ccccc13)C2.[HH]. The molecular formula is C22H31N3O3. The summed E-state index contributed by atoms with van der Waals surface area (Å²) in [5.41, 5.74) is 1.82. The van der Waals surface area contributed by atoms with Gasteiger partial charge in [-0.3, -0.25) is 4.79 Å². The maximum atomic E-state index is 12.8. The van der Waals surface area contributed by atoms with Crippen LogP contribution < -0.4 is 5.32 Å². The van der Waals surface area contributed by atoms with Crippen LogP contribution in [0, 0.1) is 0 Å². The maximum Gasteiger partial charge on any atom is 0.410 e. The van der Waals surface area contributed by atoms with Gasteiger partial charge in [-0.1, -0.05) is 18.2 Å². The maximum absolute atomic E-state index is 12.8. The van der Waals surface area contributed by atoms with E-state index in [4.69, 9.17) is 4.74 Å². The quantitative estimate of drug-likeness (QED) is 0.848. The van der Waals surface area contributed by atoms with Crippen molar-refractivity contribution in [1.29, 1.82) is 0 Å². The fourth-order valence-electron chi connectivity index (χ4n) is 6.08. The van der Waals surface area contributed by atoms with Crippen LogP contribution >= 0.6 is 0 Å². The number of benzene rings is 1. The van der Waals surface area contributed by atoms with Gasteiger partial charge in [-0.05, 0) is 70.2 Å². The summed E-state index contributed by atoms with van der Waals surface area (Å²) >= 11 is 0. The van der Waals surface area contributed by atoms with Crippen molar-refractivity contribution < 1.29 is 15.8 Å². The lowest BCUT2D eigenvalue weighted by atomic mass is 9.73. The first-order valence-corrected chi connectivity index (χ1v) is 10.7. The van der Waals surface area contributed by atoms with Gasteiger partial charge in [0.25, 0.3) is 0 Å². The number of rotatable bonds is 2. The number of anilines is 1. The number of piperidine rings is 2. The molecule has 6 heteroatoms. The molecule has 3 fully saturated rings. The Morgan fingerprint density at radius 1 is 1.18 bits per heavy atom. The molecule has 4 aliphatic rings. The van der Waals surface area contributed by atoms with Crippen molar-refractivity contribution in [3.8, 4) is 0 Å². The van der Waals surface area contributed by atoms with Gasteiger partial charge in [0, 0.05) is 25.2 Å². The van der Waals surface area contributed by atoms with Crippen molar-refractivity contribution in [3.63, 3.8) is 0 Å². The Balaban J connectivity index is 0.00000205. The van der Waals surface area contributed by atoms with Crippen molar-refractivity contribution in [2.75, 3.05) is 25.0 Å². The summed E-state index contributed by atoms with van der Waals surface area (Å²) in [6, 6.07) is 9.29. The molecule has 1 spiro atoms. The number of amides is 2. The van der Waals surface area contributed by atoms with Gasteiger partial charge in [0.1, 0.15) is 0 Å². The molecule has 152 valence electrons. The molecule has 0 aromatic heterocycles. The molecule has 2 unspecified atom stereocenters. The molecule has 1 N–H and O–H groups in total. The molecule has 0 saturated carbocycles. The van der Waals surface area contributed by atoms with Crippen LogP contribution in [0.3, 0.4) is 0 Å². The molecule has 0 radical (unpaired) electrons. The van der Waals surface area contributed by atoms with Gasteiger partial charge in [-0.15, -0.1) is 0 Å². The minimum atomic E-state index is -0.349. The van der Waals surface area contributed by atoms with Crippen LogP contribution in [0.25, 0.3) is 0 Å². The van der Waals surface area contributed by atoms with Crippen LogP contribution in [0.1, 0.15) is 52.4 Å². The molecular weight excluding hydrogens is 354 g/mol. The average Bonchev–Trinajstić information content (AvgIpc) is 3.13. The molecule has 5 rings (SSSR count). The van der Waals surface area contributed by atoms with Crippen molar-refractivity contribution in [2.24, 2.45) is 0 Å². The lowest BCUT2D eigenvalue weighted by molar-refractivity contribution is -0.123. The monoisotopic (exact) mass is 385 g/mol. The summed E-state index contributed by atoms with van der Waals surface area (Å²) in [7, 11) is 0. The first kappa shape index (κ1) is 18.0. The molecule has 2 atom stereocenters. The minimum absolute atomic E-state index is 0. The smallest absolute Gasteiger partial charge is 0.410 e. The van der Waals surface area contributed by atoms with E-state index in [2.05, 4.69) is 16.3 Å². The molecule has 1 aromatic rings. The average molecular weight is 386 g/mol. The Morgan fingerprint density at radius 3 is 2.54 bits per heavy atom. The van der Waals surface area contributed by atoms with Gasteiger partial charge in [-0.2, -0.15) is 0 Å². The Labute approximate surface area is 167 Å². The molecule has 6 nitrogen and oxygen atoms in total. The van der Waals surface area contributed by atoms with E-state index in [9.17, 15) is 9.59 Å². The van der Waals surface area contributed by atoms with Gasteiger partial charge in [0.05, 0.1) is 12.0 Å². The molecule has 4 aliphatic heterocycles. The third-order valence-electron chi connectivity index (χ3n) is 7.48. The Hall–Kier alpha value is -2.08. The fraction of sp³-hybridized carbons (Fsp3) is 0.636. The molecule has 2 amide bonds. The van der Waals surface area contributed by atoms with Gasteiger partial charge in [0.2, 0.25) is 5.91 Å². The Morgan fingerprint density at radius 2 is 1.86 bits per heavy atom. The largest absolute Gasteiger partial charge is 0.450 e. The number of para-hydroxylation sites is 1. The zero-order chi connectivity index (χ0) is 19.3. The zero-order valence-electron chi connectivity index (χ0n) is 16.5. The van der Waals surface area contributed by atoms with Crippen LogP contribution in [0.15, 0.2) is 24.3 Å². The molecule has 0 aliphatic carbocycles. The third kappa shape index (κ3) is 2.65. The van der Waals surface area contributed by atoms with Crippen LogP contribution in [-0.2, 0) is 14.9 Å². The van der Waals surface area contributed by atoms with Crippen molar-refractivity contribution in [1.82, 2.24) is 9.80 Å². The molecule has 4 heterocycles. The summed E-state index contributed by atoms with van der Waals surface area (Å²) < 4.78 is 5.28. The Kier molecular flexibility index (Phi) is 4.34. The predicted molar refractivity (Wildman–Crippen MR) is 108 cm³/mol. The summed E-state index contributed by atoms with van der Waals surface area (Å²) in [5.74, 6) is 0.172. The number of nitrogens with zero attached hydrogens (tertiary/aromatic N) is 2. The van der Waals surface area contributed by atoms with E-state index in [1.54, 1.807) is 0 Å². The van der Waals surface area contributed by atoms with Gasteiger partial charge >= 0.3 is 6.09 Å². The predicted octanol–water partition coefficient (Wildman–Crippen LogP) is 3.37. The molecule has 1 aromatic carbocycles. The molecule has 28 heavy (non-hydrogen) atoms. The van der Waals surface area contributed by atoms with E-state index in [-0.39, 0.29) is 18.8 Å². The number of hydrogen-bond donors (Lipinski definition) is 1. The van der Waals surface area contributed by atoms with E-state index in [1.807, 2.05) is 30.0 Å². The number of ether oxygens (including phenoxy) is 1. The second-order valence-electron chi connectivity index (χ2n) is 8.73. The lowest BCUT2D eigenvalue weighted by Crippen LogP contribution is -2.56. The lowest BCUT2D eigenvalue weighted by Gasteiger charge is -2.46. The topological polar surface area (TPSA) is 61.9 Å². The first-order chi connectivity index (χ1) is 13.6. The number of likely N-dealkylation sites (tertiary alicyclic amines) is 1. The Bertz CT molecular complexity index is 779. The van der Waals surface area contributed by atoms with Gasteiger partial charge < -0.3 is 19.9 Å². The second kappa shape index (κ2) is 6.76.